The molecule has 0 aliphatic rings. The van der Waals surface area contributed by atoms with Crippen LogP contribution >= 0.6 is 0 Å². The molecule has 0 fully saturated rings. The molecule has 16 heavy (non-hydrogen) atoms. The van der Waals surface area contributed by atoms with Crippen LogP contribution in [0.2, 0.25) is 0 Å². The van der Waals surface area contributed by atoms with E-state index in [0.717, 1.165) is 5.56 Å². The molecular formula is C14H18O2. The maximum absolute atomic E-state index is 11.9. The Bertz CT molecular complexity index is 417. The Morgan fingerprint density at radius 3 is 2.44 bits per heavy atom. The SMILES string of the molecule is C=C(C)C(=O)c1cc(C(C)C)ccc1OC. The van der Waals surface area contributed by atoms with E-state index < -0.39 is 0 Å². The van der Waals surface area contributed by atoms with Crippen LogP contribution in [0.3, 0.4) is 0 Å². The summed E-state index contributed by atoms with van der Waals surface area (Å²) < 4.78 is 5.19. The summed E-state index contributed by atoms with van der Waals surface area (Å²) in [5, 5.41) is 0. The Labute approximate surface area is 96.9 Å². The first-order valence-corrected chi connectivity index (χ1v) is 5.35. The predicted molar refractivity (Wildman–Crippen MR) is 66.2 cm³/mol. The topological polar surface area (TPSA) is 26.3 Å². The van der Waals surface area contributed by atoms with Gasteiger partial charge in [0, 0.05) is 0 Å². The number of methoxy groups -OCH3 is 1. The third-order valence-electron chi connectivity index (χ3n) is 2.52. The molecule has 0 radical (unpaired) electrons. The van der Waals surface area contributed by atoms with Crippen LogP contribution in [-0.2, 0) is 0 Å². The van der Waals surface area contributed by atoms with Crippen molar-refractivity contribution < 1.29 is 9.53 Å². The van der Waals surface area contributed by atoms with Gasteiger partial charge in [0.1, 0.15) is 5.75 Å². The molecular weight excluding hydrogens is 200 g/mol. The second kappa shape index (κ2) is 4.97. The normalized spacial score (nSPS) is 10.3. The van der Waals surface area contributed by atoms with E-state index in [1.807, 2.05) is 18.2 Å². The number of Topliss-reactive ketones (excluding diaryl/α,β-unsaturated/α-hetero) is 1. The smallest absolute Gasteiger partial charge is 0.191 e. The highest BCUT2D eigenvalue weighted by Crippen LogP contribution is 2.25. The molecule has 0 aliphatic carbocycles. The van der Waals surface area contributed by atoms with Crippen molar-refractivity contribution in [1.29, 1.82) is 0 Å². The van der Waals surface area contributed by atoms with Gasteiger partial charge in [0.2, 0.25) is 0 Å². The van der Waals surface area contributed by atoms with Crippen molar-refractivity contribution in [1.82, 2.24) is 0 Å². The van der Waals surface area contributed by atoms with E-state index in [9.17, 15) is 4.79 Å². The molecule has 86 valence electrons. The van der Waals surface area contributed by atoms with Crippen molar-refractivity contribution in [3.63, 3.8) is 0 Å². The Morgan fingerprint density at radius 1 is 1.38 bits per heavy atom. The van der Waals surface area contributed by atoms with Gasteiger partial charge in [0.25, 0.3) is 0 Å². The quantitative estimate of drug-likeness (QED) is 0.570. The van der Waals surface area contributed by atoms with Gasteiger partial charge in [0.15, 0.2) is 5.78 Å². The van der Waals surface area contributed by atoms with Crippen molar-refractivity contribution in [3.05, 3.63) is 41.5 Å². The second-order valence-corrected chi connectivity index (χ2v) is 4.22. The minimum absolute atomic E-state index is 0.0562. The highest BCUT2D eigenvalue weighted by molar-refractivity contribution is 6.09. The van der Waals surface area contributed by atoms with Gasteiger partial charge in [-0.05, 0) is 36.1 Å². The molecule has 2 nitrogen and oxygen atoms in total. The van der Waals surface area contributed by atoms with E-state index in [1.165, 1.54) is 0 Å². The lowest BCUT2D eigenvalue weighted by molar-refractivity contribution is 0.103. The highest BCUT2D eigenvalue weighted by atomic mass is 16.5. The maximum Gasteiger partial charge on any atom is 0.191 e. The molecule has 0 amide bonds. The molecule has 1 rings (SSSR count). The van der Waals surface area contributed by atoms with Crippen molar-refractivity contribution in [3.8, 4) is 5.75 Å². The summed E-state index contributed by atoms with van der Waals surface area (Å²) in [6, 6.07) is 5.71. The Balaban J connectivity index is 3.27. The maximum atomic E-state index is 11.9. The first-order chi connectivity index (χ1) is 7.47. The molecule has 1 aromatic rings. The first kappa shape index (κ1) is 12.5. The average molecular weight is 218 g/mol. The number of ether oxygens (including phenoxy) is 1. The van der Waals surface area contributed by atoms with E-state index in [1.54, 1.807) is 14.0 Å². The van der Waals surface area contributed by atoms with Crippen molar-refractivity contribution >= 4 is 5.78 Å². The van der Waals surface area contributed by atoms with Crippen LogP contribution in [-0.4, -0.2) is 12.9 Å². The lowest BCUT2D eigenvalue weighted by Gasteiger charge is -2.11. The summed E-state index contributed by atoms with van der Waals surface area (Å²) in [6.07, 6.45) is 0. The van der Waals surface area contributed by atoms with E-state index >= 15 is 0 Å². The summed E-state index contributed by atoms with van der Waals surface area (Å²) in [5.41, 5.74) is 2.26. The Morgan fingerprint density at radius 2 is 2.00 bits per heavy atom. The molecule has 0 aromatic heterocycles. The first-order valence-electron chi connectivity index (χ1n) is 5.35. The zero-order valence-corrected chi connectivity index (χ0v) is 10.3. The van der Waals surface area contributed by atoms with Crippen molar-refractivity contribution in [2.24, 2.45) is 0 Å². The molecule has 0 bridgehead atoms. The van der Waals surface area contributed by atoms with Gasteiger partial charge in [-0.2, -0.15) is 0 Å². The Hall–Kier alpha value is -1.57. The van der Waals surface area contributed by atoms with Crippen molar-refractivity contribution in [2.45, 2.75) is 26.7 Å². The fraction of sp³-hybridized carbons (Fsp3) is 0.357. The molecule has 2 heteroatoms. The van der Waals surface area contributed by atoms with Gasteiger partial charge in [-0.3, -0.25) is 4.79 Å². The molecule has 0 saturated carbocycles. The molecule has 0 atom stereocenters. The summed E-state index contributed by atoms with van der Waals surface area (Å²) in [6.45, 7) is 9.58. The van der Waals surface area contributed by atoms with E-state index in [4.69, 9.17) is 4.74 Å². The van der Waals surface area contributed by atoms with Gasteiger partial charge >= 0.3 is 0 Å². The van der Waals surface area contributed by atoms with E-state index in [-0.39, 0.29) is 5.78 Å². The van der Waals surface area contributed by atoms with Crippen LogP contribution in [0.25, 0.3) is 0 Å². The van der Waals surface area contributed by atoms with Crippen LogP contribution < -0.4 is 4.74 Å². The number of benzene rings is 1. The van der Waals surface area contributed by atoms with Crippen LogP contribution in [0.5, 0.6) is 5.75 Å². The lowest BCUT2D eigenvalue weighted by atomic mass is 9.97. The van der Waals surface area contributed by atoms with Crippen LogP contribution in [0, 0.1) is 0 Å². The number of allylic oxidation sites excluding steroid dienone is 1. The lowest BCUT2D eigenvalue weighted by Crippen LogP contribution is -2.04. The fourth-order valence-corrected chi connectivity index (χ4v) is 1.49. The zero-order chi connectivity index (χ0) is 12.3. The summed E-state index contributed by atoms with van der Waals surface area (Å²) >= 11 is 0. The summed E-state index contributed by atoms with van der Waals surface area (Å²) in [7, 11) is 1.57. The molecule has 0 spiro atoms. The number of carbonyl (C=O) groups excluding carboxylic acids is 1. The molecule has 0 unspecified atom stereocenters. The van der Waals surface area contributed by atoms with Gasteiger partial charge in [-0.15, -0.1) is 0 Å². The number of hydrogen-bond donors (Lipinski definition) is 0. The summed E-state index contributed by atoms with van der Waals surface area (Å²) in [4.78, 5) is 11.9. The Kier molecular flexibility index (Phi) is 3.88. The summed E-state index contributed by atoms with van der Waals surface area (Å²) in [5.74, 6) is 0.944. The van der Waals surface area contributed by atoms with Crippen LogP contribution in [0.15, 0.2) is 30.4 Å². The van der Waals surface area contributed by atoms with Crippen LogP contribution in [0.4, 0.5) is 0 Å². The largest absolute Gasteiger partial charge is 0.496 e. The van der Waals surface area contributed by atoms with E-state index in [2.05, 4.69) is 20.4 Å². The highest BCUT2D eigenvalue weighted by Gasteiger charge is 2.14. The van der Waals surface area contributed by atoms with Gasteiger partial charge in [0.05, 0.1) is 12.7 Å². The second-order valence-electron chi connectivity index (χ2n) is 4.22. The fourth-order valence-electron chi connectivity index (χ4n) is 1.49. The molecule has 1 aromatic carbocycles. The number of carbonyl (C=O) groups is 1. The third kappa shape index (κ3) is 2.51. The minimum Gasteiger partial charge on any atom is -0.496 e. The third-order valence-corrected chi connectivity index (χ3v) is 2.52. The number of ketones is 1. The number of rotatable bonds is 4. The minimum atomic E-state index is -0.0562. The molecule has 0 N–H and O–H groups in total. The van der Waals surface area contributed by atoms with Gasteiger partial charge in [-0.1, -0.05) is 26.5 Å². The average Bonchev–Trinajstić information content (AvgIpc) is 2.26. The van der Waals surface area contributed by atoms with Gasteiger partial charge < -0.3 is 4.74 Å². The van der Waals surface area contributed by atoms with Crippen LogP contribution in [0.1, 0.15) is 42.6 Å². The van der Waals surface area contributed by atoms with Gasteiger partial charge in [-0.25, -0.2) is 0 Å². The number of hydrogen-bond acceptors (Lipinski definition) is 2. The molecule has 0 aliphatic heterocycles. The molecule has 0 heterocycles. The monoisotopic (exact) mass is 218 g/mol. The molecule has 0 saturated heterocycles. The van der Waals surface area contributed by atoms with E-state index in [0.29, 0.717) is 22.8 Å². The van der Waals surface area contributed by atoms with Crippen molar-refractivity contribution in [2.75, 3.05) is 7.11 Å². The zero-order valence-electron chi connectivity index (χ0n) is 10.3. The predicted octanol–water partition coefficient (Wildman–Crippen LogP) is 3.58. The standard InChI is InChI=1S/C14H18O2/c1-9(2)11-6-7-13(16-5)12(8-11)14(15)10(3)4/h6-9H,3H2,1-2,4-5H3.